The van der Waals surface area contributed by atoms with Gasteiger partial charge in [0.25, 0.3) is 0 Å². The minimum atomic E-state index is -0.776. The fraction of sp³-hybridized carbons (Fsp3) is 0.432. The van der Waals surface area contributed by atoms with Crippen molar-refractivity contribution in [3.63, 3.8) is 0 Å². The summed E-state index contributed by atoms with van der Waals surface area (Å²) in [6, 6.07) is 15.9. The van der Waals surface area contributed by atoms with E-state index in [-0.39, 0.29) is 6.10 Å². The van der Waals surface area contributed by atoms with Crippen LogP contribution in [-0.2, 0) is 11.3 Å². The Morgan fingerprint density at radius 1 is 0.978 bits per heavy atom. The van der Waals surface area contributed by atoms with Crippen LogP contribution in [0.1, 0.15) is 59.9 Å². The van der Waals surface area contributed by atoms with Crippen LogP contribution in [0.3, 0.4) is 0 Å². The number of aliphatic carboxylic acids is 1. The molecule has 3 aromatic rings. The Morgan fingerprint density at radius 2 is 1.73 bits per heavy atom. The number of ether oxygens (including phenoxy) is 2. The van der Waals surface area contributed by atoms with Crippen LogP contribution in [0.15, 0.2) is 48.5 Å². The van der Waals surface area contributed by atoms with E-state index < -0.39 is 12.0 Å². The summed E-state index contributed by atoms with van der Waals surface area (Å²) in [6.45, 7) is 8.76. The van der Waals surface area contributed by atoms with Crippen LogP contribution in [0.2, 0.25) is 5.02 Å². The van der Waals surface area contributed by atoms with Gasteiger partial charge in [0.2, 0.25) is 0 Å². The van der Waals surface area contributed by atoms with Crippen LogP contribution in [0.5, 0.6) is 11.5 Å². The molecule has 0 saturated carbocycles. The molecule has 0 aromatic heterocycles. The number of halogens is 1. The fourth-order valence-electron chi connectivity index (χ4n) is 6.58. The first kappa shape index (κ1) is 33.0. The van der Waals surface area contributed by atoms with Gasteiger partial charge in [-0.1, -0.05) is 60.5 Å². The SMILES string of the molecule is COc1cc(/C=C/c2cccc(-c3cccc(OCCCN4CC[C@@H](O)C4)c3C)c2C)c(Cl)cc1CN1CCCC[C@H]1C(=O)O. The molecule has 0 bridgehead atoms. The van der Waals surface area contributed by atoms with Crippen LogP contribution in [0, 0.1) is 13.8 Å². The number of carboxylic acid groups (broad SMARTS) is 1. The molecule has 5 rings (SSSR count). The number of hydrogen-bond donors (Lipinski definition) is 2. The summed E-state index contributed by atoms with van der Waals surface area (Å²) in [5, 5.41) is 20.0. The molecule has 2 saturated heterocycles. The zero-order valence-corrected chi connectivity index (χ0v) is 27.4. The minimum Gasteiger partial charge on any atom is -0.496 e. The molecule has 0 radical (unpaired) electrons. The standard InChI is InChI=1S/C37H45ClN2O5/c1-25-27(14-15-28-22-36(44-3)29(21-33(28)38)23-40-18-5-4-12-34(40)37(42)43)9-6-10-31(25)32-11-7-13-35(26(32)2)45-20-8-17-39-19-16-30(41)24-39/h6-7,9-11,13-15,21-22,30,34,41H,4-5,8,12,16-20,23-24H2,1-3H3,(H,42,43)/b15-14+/t30-,34+/m1/s1. The van der Waals surface area contributed by atoms with Crippen molar-refractivity contribution in [1.82, 2.24) is 9.80 Å². The topological polar surface area (TPSA) is 82.5 Å². The van der Waals surface area contributed by atoms with E-state index in [2.05, 4.69) is 49.1 Å². The molecule has 2 aliphatic heterocycles. The molecule has 7 nitrogen and oxygen atoms in total. The van der Waals surface area contributed by atoms with Crippen LogP contribution in [0.25, 0.3) is 23.3 Å². The highest BCUT2D eigenvalue weighted by molar-refractivity contribution is 6.32. The van der Waals surface area contributed by atoms with Crippen LogP contribution >= 0.6 is 11.6 Å². The van der Waals surface area contributed by atoms with Crippen molar-refractivity contribution >= 4 is 29.7 Å². The summed E-state index contributed by atoms with van der Waals surface area (Å²) in [7, 11) is 1.64. The Kier molecular flexibility index (Phi) is 11.2. The third-order valence-electron chi connectivity index (χ3n) is 9.19. The van der Waals surface area contributed by atoms with Gasteiger partial charge in [0.15, 0.2) is 0 Å². The maximum atomic E-state index is 11.8. The summed E-state index contributed by atoms with van der Waals surface area (Å²) in [5.74, 6) is 0.818. The molecule has 240 valence electrons. The molecule has 2 N–H and O–H groups in total. The molecule has 0 aliphatic carbocycles. The Bertz CT molecular complexity index is 1520. The van der Waals surface area contributed by atoms with Gasteiger partial charge in [0.05, 0.1) is 19.8 Å². The predicted octanol–water partition coefficient (Wildman–Crippen LogP) is 7.08. The highest BCUT2D eigenvalue weighted by Gasteiger charge is 2.29. The Morgan fingerprint density at radius 3 is 2.47 bits per heavy atom. The molecule has 45 heavy (non-hydrogen) atoms. The smallest absolute Gasteiger partial charge is 0.320 e. The number of aliphatic hydroxyl groups excluding tert-OH is 1. The quantitative estimate of drug-likeness (QED) is 0.163. The largest absolute Gasteiger partial charge is 0.496 e. The van der Waals surface area contributed by atoms with E-state index in [0.717, 1.165) is 96.6 Å². The number of nitrogens with zero attached hydrogens (tertiary/aromatic N) is 2. The summed E-state index contributed by atoms with van der Waals surface area (Å²) >= 11 is 6.77. The number of methoxy groups -OCH3 is 1. The van der Waals surface area contributed by atoms with Crippen molar-refractivity contribution in [2.45, 2.75) is 64.6 Å². The van der Waals surface area contributed by atoms with Crippen molar-refractivity contribution in [1.29, 1.82) is 0 Å². The molecule has 2 fully saturated rings. The maximum absolute atomic E-state index is 11.8. The molecule has 3 aromatic carbocycles. The van der Waals surface area contributed by atoms with E-state index in [0.29, 0.717) is 30.3 Å². The van der Waals surface area contributed by atoms with Gasteiger partial charge in [0.1, 0.15) is 17.5 Å². The normalized spacial score (nSPS) is 19.3. The lowest BCUT2D eigenvalue weighted by molar-refractivity contribution is -0.144. The van der Waals surface area contributed by atoms with Crippen LogP contribution < -0.4 is 9.47 Å². The lowest BCUT2D eigenvalue weighted by Crippen LogP contribution is -2.44. The molecule has 2 aliphatic rings. The van der Waals surface area contributed by atoms with Gasteiger partial charge in [-0.15, -0.1) is 0 Å². The maximum Gasteiger partial charge on any atom is 0.320 e. The van der Waals surface area contributed by atoms with Gasteiger partial charge in [0, 0.05) is 36.8 Å². The van der Waals surface area contributed by atoms with Crippen LogP contribution in [0.4, 0.5) is 0 Å². The molecule has 8 heteroatoms. The average Bonchev–Trinajstić information content (AvgIpc) is 3.45. The first-order valence-corrected chi connectivity index (χ1v) is 16.4. The third-order valence-corrected chi connectivity index (χ3v) is 9.52. The van der Waals surface area contributed by atoms with Crippen molar-refractivity contribution in [3.05, 3.63) is 81.4 Å². The predicted molar refractivity (Wildman–Crippen MR) is 181 cm³/mol. The molecule has 0 unspecified atom stereocenters. The Labute approximate surface area is 272 Å². The monoisotopic (exact) mass is 632 g/mol. The number of rotatable bonds is 12. The van der Waals surface area contributed by atoms with Crippen molar-refractivity contribution in [2.75, 3.05) is 39.9 Å². The number of likely N-dealkylation sites (tertiary alicyclic amines) is 2. The lowest BCUT2D eigenvalue weighted by Gasteiger charge is -2.33. The summed E-state index contributed by atoms with van der Waals surface area (Å²) < 4.78 is 11.9. The van der Waals surface area contributed by atoms with Crippen molar-refractivity contribution < 1.29 is 24.5 Å². The Balaban J connectivity index is 1.30. The molecule has 2 atom stereocenters. The van der Waals surface area contributed by atoms with E-state index in [1.165, 1.54) is 0 Å². The van der Waals surface area contributed by atoms with Gasteiger partial charge in [-0.2, -0.15) is 0 Å². The highest BCUT2D eigenvalue weighted by Crippen LogP contribution is 2.35. The molecule has 0 spiro atoms. The first-order chi connectivity index (χ1) is 21.7. The number of piperidine rings is 1. The number of hydrogen-bond acceptors (Lipinski definition) is 6. The highest BCUT2D eigenvalue weighted by atomic mass is 35.5. The van der Waals surface area contributed by atoms with E-state index in [1.54, 1.807) is 7.11 Å². The molecule has 2 heterocycles. The van der Waals surface area contributed by atoms with Gasteiger partial charge in [-0.05, 0) is 97.7 Å². The summed E-state index contributed by atoms with van der Waals surface area (Å²) in [5.41, 5.74) is 7.38. The zero-order chi connectivity index (χ0) is 31.9. The van der Waals surface area contributed by atoms with E-state index in [9.17, 15) is 15.0 Å². The number of carboxylic acids is 1. The van der Waals surface area contributed by atoms with E-state index in [4.69, 9.17) is 21.1 Å². The van der Waals surface area contributed by atoms with Crippen LogP contribution in [-0.4, -0.2) is 78.0 Å². The van der Waals surface area contributed by atoms with Crippen molar-refractivity contribution in [2.24, 2.45) is 0 Å². The third kappa shape index (κ3) is 8.08. The second-order valence-electron chi connectivity index (χ2n) is 12.2. The zero-order valence-electron chi connectivity index (χ0n) is 26.6. The number of benzene rings is 3. The summed E-state index contributed by atoms with van der Waals surface area (Å²) in [6.07, 6.45) is 8.25. The van der Waals surface area contributed by atoms with E-state index in [1.807, 2.05) is 35.2 Å². The first-order valence-electron chi connectivity index (χ1n) is 16.0. The molecule has 0 amide bonds. The Hall–Kier alpha value is -3.36. The van der Waals surface area contributed by atoms with Gasteiger partial charge in [-0.3, -0.25) is 9.69 Å². The number of β-amino-alcohol motifs (C(OH)–C–C–N with tert-alkyl or cyclic N) is 1. The number of carbonyl (C=O) groups is 1. The summed E-state index contributed by atoms with van der Waals surface area (Å²) in [4.78, 5) is 16.1. The molecular weight excluding hydrogens is 588 g/mol. The van der Waals surface area contributed by atoms with E-state index >= 15 is 0 Å². The fourth-order valence-corrected chi connectivity index (χ4v) is 6.83. The van der Waals surface area contributed by atoms with Gasteiger partial charge in [-0.25, -0.2) is 0 Å². The lowest BCUT2D eigenvalue weighted by atomic mass is 9.93. The average molecular weight is 633 g/mol. The van der Waals surface area contributed by atoms with Gasteiger partial charge < -0.3 is 24.6 Å². The van der Waals surface area contributed by atoms with Gasteiger partial charge >= 0.3 is 5.97 Å². The number of aliphatic hydroxyl groups is 1. The minimum absolute atomic E-state index is 0.191. The second-order valence-corrected chi connectivity index (χ2v) is 12.6. The molecular formula is C37H45ClN2O5. The van der Waals surface area contributed by atoms with Crippen molar-refractivity contribution in [3.8, 4) is 22.6 Å². The second kappa shape index (κ2) is 15.3.